The summed E-state index contributed by atoms with van der Waals surface area (Å²) in [7, 11) is 0. The summed E-state index contributed by atoms with van der Waals surface area (Å²) < 4.78 is 13.3. The van der Waals surface area contributed by atoms with Gasteiger partial charge in [-0.2, -0.15) is 0 Å². The van der Waals surface area contributed by atoms with Crippen molar-refractivity contribution in [2.24, 2.45) is 10.7 Å². The van der Waals surface area contributed by atoms with Crippen molar-refractivity contribution in [3.05, 3.63) is 60.2 Å². The Labute approximate surface area is 92.5 Å². The maximum atomic E-state index is 13.3. The summed E-state index contributed by atoms with van der Waals surface area (Å²) in [4.78, 5) is 8.01. The number of nitrogens with two attached hydrogens (primary N) is 1. The van der Waals surface area contributed by atoms with E-state index in [1.54, 1.807) is 42.6 Å². The Morgan fingerprint density at radius 2 is 1.88 bits per heavy atom. The number of rotatable bonds is 2. The molecule has 0 radical (unpaired) electrons. The molecular weight excluding hydrogens is 205 g/mol. The van der Waals surface area contributed by atoms with Gasteiger partial charge in [0.2, 0.25) is 0 Å². The molecule has 3 nitrogen and oxygen atoms in total. The molecule has 1 aromatic heterocycles. The zero-order valence-corrected chi connectivity index (χ0v) is 8.47. The number of nitrogens with zero attached hydrogens (tertiary/aromatic N) is 2. The monoisotopic (exact) mass is 215 g/mol. The van der Waals surface area contributed by atoms with Crippen LogP contribution in [-0.2, 0) is 0 Å². The maximum Gasteiger partial charge on any atom is 0.150 e. The largest absolute Gasteiger partial charge is 0.382 e. The van der Waals surface area contributed by atoms with Gasteiger partial charge >= 0.3 is 0 Å². The smallest absolute Gasteiger partial charge is 0.150 e. The number of para-hydroxylation sites is 1. The van der Waals surface area contributed by atoms with Crippen molar-refractivity contribution in [3.8, 4) is 0 Å². The average Bonchev–Trinajstić information content (AvgIpc) is 2.33. The van der Waals surface area contributed by atoms with Gasteiger partial charge in [0.1, 0.15) is 23.0 Å². The molecule has 0 atom stereocenters. The molecule has 2 rings (SSSR count). The molecule has 4 heteroatoms. The maximum absolute atomic E-state index is 13.3. The quantitative estimate of drug-likeness (QED) is 0.617. The third kappa shape index (κ3) is 2.23. The first kappa shape index (κ1) is 10.3. The van der Waals surface area contributed by atoms with Gasteiger partial charge in [0, 0.05) is 6.20 Å². The van der Waals surface area contributed by atoms with E-state index in [9.17, 15) is 4.39 Å². The number of pyridine rings is 1. The van der Waals surface area contributed by atoms with Gasteiger partial charge in [-0.15, -0.1) is 0 Å². The predicted octanol–water partition coefficient (Wildman–Crippen LogP) is 2.26. The van der Waals surface area contributed by atoms with Crippen LogP contribution in [0.3, 0.4) is 0 Å². The highest BCUT2D eigenvalue weighted by atomic mass is 19.1. The third-order valence-corrected chi connectivity index (χ3v) is 2.02. The number of hydrogen-bond acceptors (Lipinski definition) is 2. The van der Waals surface area contributed by atoms with Crippen LogP contribution in [0.2, 0.25) is 0 Å². The second-order valence-corrected chi connectivity index (χ2v) is 3.16. The SMILES string of the molecule is NC(=Nc1ccccc1F)c1ccccn1. The van der Waals surface area contributed by atoms with Crippen LogP contribution in [0.25, 0.3) is 0 Å². The van der Waals surface area contributed by atoms with E-state index in [1.165, 1.54) is 6.07 Å². The molecule has 0 aliphatic heterocycles. The minimum atomic E-state index is -0.401. The van der Waals surface area contributed by atoms with Gasteiger partial charge in [-0.1, -0.05) is 18.2 Å². The lowest BCUT2D eigenvalue weighted by atomic mass is 10.3. The standard InChI is InChI=1S/C12H10FN3/c13-9-5-1-2-6-10(9)16-12(14)11-7-3-4-8-15-11/h1-8H,(H2,14,16). The van der Waals surface area contributed by atoms with E-state index in [0.717, 1.165) is 0 Å². The number of halogens is 1. The Morgan fingerprint density at radius 1 is 1.12 bits per heavy atom. The second kappa shape index (κ2) is 4.53. The molecule has 0 amide bonds. The van der Waals surface area contributed by atoms with Gasteiger partial charge in [0.25, 0.3) is 0 Å². The Balaban J connectivity index is 2.36. The van der Waals surface area contributed by atoms with Crippen LogP contribution in [0, 0.1) is 5.82 Å². The van der Waals surface area contributed by atoms with Crippen molar-refractivity contribution in [3.63, 3.8) is 0 Å². The minimum Gasteiger partial charge on any atom is -0.382 e. The van der Waals surface area contributed by atoms with Crippen molar-refractivity contribution < 1.29 is 4.39 Å². The topological polar surface area (TPSA) is 51.3 Å². The van der Waals surface area contributed by atoms with Gasteiger partial charge in [-0.3, -0.25) is 4.98 Å². The Kier molecular flexibility index (Phi) is 2.91. The number of aliphatic imine (C=N–C) groups is 1. The van der Waals surface area contributed by atoms with Crippen molar-refractivity contribution in [1.82, 2.24) is 4.98 Å². The molecule has 0 saturated carbocycles. The van der Waals surface area contributed by atoms with Crippen LogP contribution in [0.15, 0.2) is 53.7 Å². The van der Waals surface area contributed by atoms with Crippen molar-refractivity contribution in [2.75, 3.05) is 0 Å². The fraction of sp³-hybridized carbons (Fsp3) is 0. The normalized spacial score (nSPS) is 11.4. The first-order chi connectivity index (χ1) is 7.77. The van der Waals surface area contributed by atoms with E-state index in [4.69, 9.17) is 5.73 Å². The molecule has 16 heavy (non-hydrogen) atoms. The van der Waals surface area contributed by atoms with Gasteiger partial charge in [-0.25, -0.2) is 9.38 Å². The number of aromatic nitrogens is 1. The molecule has 0 unspecified atom stereocenters. The van der Waals surface area contributed by atoms with Crippen molar-refractivity contribution in [1.29, 1.82) is 0 Å². The fourth-order valence-electron chi connectivity index (χ4n) is 1.24. The molecule has 80 valence electrons. The molecule has 1 heterocycles. The molecular formula is C12H10FN3. The molecule has 2 aromatic rings. The van der Waals surface area contributed by atoms with Gasteiger partial charge in [0.15, 0.2) is 0 Å². The van der Waals surface area contributed by atoms with Gasteiger partial charge in [-0.05, 0) is 24.3 Å². The molecule has 0 saturated heterocycles. The number of amidine groups is 1. The fourth-order valence-corrected chi connectivity index (χ4v) is 1.24. The van der Waals surface area contributed by atoms with Gasteiger partial charge < -0.3 is 5.73 Å². The summed E-state index contributed by atoms with van der Waals surface area (Å²) in [6, 6.07) is 11.5. The Bertz CT molecular complexity index is 509. The summed E-state index contributed by atoms with van der Waals surface area (Å²) in [6.07, 6.45) is 1.61. The summed E-state index contributed by atoms with van der Waals surface area (Å²) >= 11 is 0. The summed E-state index contributed by atoms with van der Waals surface area (Å²) in [5.74, 6) is -0.202. The highest BCUT2D eigenvalue weighted by molar-refractivity contribution is 5.97. The molecule has 0 bridgehead atoms. The van der Waals surface area contributed by atoms with Crippen molar-refractivity contribution in [2.45, 2.75) is 0 Å². The molecule has 0 spiro atoms. The van der Waals surface area contributed by atoms with Gasteiger partial charge in [0.05, 0.1) is 0 Å². The lowest BCUT2D eigenvalue weighted by Gasteiger charge is -2.00. The zero-order valence-electron chi connectivity index (χ0n) is 8.47. The van der Waals surface area contributed by atoms with Crippen LogP contribution in [0.5, 0.6) is 0 Å². The summed E-state index contributed by atoms with van der Waals surface area (Å²) in [6.45, 7) is 0. The second-order valence-electron chi connectivity index (χ2n) is 3.16. The lowest BCUT2D eigenvalue weighted by molar-refractivity contribution is 0.630. The molecule has 1 aromatic carbocycles. The lowest BCUT2D eigenvalue weighted by Crippen LogP contribution is -2.14. The highest BCUT2D eigenvalue weighted by Gasteiger charge is 2.02. The zero-order chi connectivity index (χ0) is 11.4. The Hall–Kier alpha value is -2.23. The molecule has 0 fully saturated rings. The van der Waals surface area contributed by atoms with Crippen LogP contribution in [0.1, 0.15) is 5.69 Å². The third-order valence-electron chi connectivity index (χ3n) is 2.02. The van der Waals surface area contributed by atoms with Crippen LogP contribution >= 0.6 is 0 Å². The molecule has 0 aliphatic carbocycles. The van der Waals surface area contributed by atoms with E-state index in [2.05, 4.69) is 9.98 Å². The summed E-state index contributed by atoms with van der Waals surface area (Å²) in [5.41, 5.74) is 6.46. The highest BCUT2D eigenvalue weighted by Crippen LogP contribution is 2.16. The van der Waals surface area contributed by atoms with E-state index in [-0.39, 0.29) is 11.5 Å². The molecule has 2 N–H and O–H groups in total. The first-order valence-corrected chi connectivity index (χ1v) is 4.77. The van der Waals surface area contributed by atoms with E-state index in [0.29, 0.717) is 5.69 Å². The van der Waals surface area contributed by atoms with Crippen molar-refractivity contribution >= 4 is 11.5 Å². The van der Waals surface area contributed by atoms with E-state index >= 15 is 0 Å². The van der Waals surface area contributed by atoms with Crippen LogP contribution in [-0.4, -0.2) is 10.8 Å². The van der Waals surface area contributed by atoms with E-state index < -0.39 is 5.82 Å². The summed E-state index contributed by atoms with van der Waals surface area (Å²) in [5, 5.41) is 0. The first-order valence-electron chi connectivity index (χ1n) is 4.77. The average molecular weight is 215 g/mol. The Morgan fingerprint density at radius 3 is 2.56 bits per heavy atom. The minimum absolute atomic E-state index is 0.200. The predicted molar refractivity (Wildman–Crippen MR) is 61.0 cm³/mol. The molecule has 0 aliphatic rings. The number of benzene rings is 1. The van der Waals surface area contributed by atoms with Crippen LogP contribution in [0.4, 0.5) is 10.1 Å². The van der Waals surface area contributed by atoms with E-state index in [1.807, 2.05) is 0 Å². The number of hydrogen-bond donors (Lipinski definition) is 1. The van der Waals surface area contributed by atoms with Crippen LogP contribution < -0.4 is 5.73 Å².